The fourth-order valence-corrected chi connectivity index (χ4v) is 4.10. The minimum Gasteiger partial charge on any atom is -0.339 e. The molecular weight excluding hydrogens is 356 g/mol. The van der Waals surface area contributed by atoms with Crippen LogP contribution in [0.5, 0.6) is 0 Å². The van der Waals surface area contributed by atoms with Crippen LogP contribution >= 0.6 is 0 Å². The number of aryl methyl sites for hydroxylation is 1. The van der Waals surface area contributed by atoms with Crippen LogP contribution in [0.25, 0.3) is 0 Å². The molecule has 1 rings (SSSR count). The number of amides is 1. The highest BCUT2D eigenvalue weighted by molar-refractivity contribution is 5.94. The van der Waals surface area contributed by atoms with E-state index in [4.69, 9.17) is 0 Å². The molecule has 0 saturated heterocycles. The molecule has 0 atom stereocenters. The average molecular weight is 404 g/mol. The van der Waals surface area contributed by atoms with Crippen LogP contribution in [0.3, 0.4) is 0 Å². The number of quaternary nitrogens is 1. The van der Waals surface area contributed by atoms with E-state index in [9.17, 15) is 4.79 Å². The third-order valence-electron chi connectivity index (χ3n) is 6.20. The molecule has 3 nitrogen and oxygen atoms in total. The van der Waals surface area contributed by atoms with Crippen molar-refractivity contribution in [2.24, 2.45) is 0 Å². The second-order valence-electron chi connectivity index (χ2n) is 9.02. The minimum absolute atomic E-state index is 0.174. The summed E-state index contributed by atoms with van der Waals surface area (Å²) in [6.07, 6.45) is 11.8. The van der Waals surface area contributed by atoms with Gasteiger partial charge in [0.25, 0.3) is 5.91 Å². The van der Waals surface area contributed by atoms with E-state index in [0.717, 1.165) is 25.1 Å². The SMILES string of the molecule is CCCCCC[N+](C)(CCCCCC)CCCN(CC)C(=O)c1ccc(C)cc1. The van der Waals surface area contributed by atoms with Gasteiger partial charge in [0.2, 0.25) is 0 Å². The Morgan fingerprint density at radius 2 is 1.31 bits per heavy atom. The van der Waals surface area contributed by atoms with Gasteiger partial charge in [0, 0.05) is 25.1 Å². The summed E-state index contributed by atoms with van der Waals surface area (Å²) in [7, 11) is 2.44. The van der Waals surface area contributed by atoms with Crippen LogP contribution in [-0.4, -0.2) is 55.1 Å². The van der Waals surface area contributed by atoms with Crippen molar-refractivity contribution in [3.8, 4) is 0 Å². The average Bonchev–Trinajstić information content (AvgIpc) is 2.72. The van der Waals surface area contributed by atoms with Crippen molar-refractivity contribution in [3.05, 3.63) is 35.4 Å². The molecule has 1 aromatic rings. The second-order valence-corrected chi connectivity index (χ2v) is 9.02. The van der Waals surface area contributed by atoms with E-state index in [2.05, 4.69) is 34.7 Å². The smallest absolute Gasteiger partial charge is 0.253 e. The van der Waals surface area contributed by atoms with Crippen LogP contribution in [0.1, 0.15) is 94.5 Å². The first-order chi connectivity index (χ1) is 14.0. The van der Waals surface area contributed by atoms with Gasteiger partial charge in [-0.15, -0.1) is 0 Å². The van der Waals surface area contributed by atoms with Crippen molar-refractivity contribution in [3.63, 3.8) is 0 Å². The molecule has 29 heavy (non-hydrogen) atoms. The molecule has 3 heteroatoms. The molecule has 0 saturated carbocycles. The lowest BCUT2D eigenvalue weighted by Gasteiger charge is -2.36. The van der Waals surface area contributed by atoms with Gasteiger partial charge in [0.15, 0.2) is 0 Å². The molecule has 0 aliphatic rings. The van der Waals surface area contributed by atoms with Gasteiger partial charge in [-0.05, 0) is 51.7 Å². The Bertz CT molecular complexity index is 540. The first-order valence-electron chi connectivity index (χ1n) is 12.1. The van der Waals surface area contributed by atoms with Gasteiger partial charge in [0.05, 0.1) is 26.7 Å². The van der Waals surface area contributed by atoms with Crippen LogP contribution in [0.4, 0.5) is 0 Å². The monoisotopic (exact) mass is 403 g/mol. The molecule has 0 unspecified atom stereocenters. The molecule has 1 aromatic carbocycles. The molecular formula is C26H47N2O+. The minimum atomic E-state index is 0.174. The molecule has 0 radical (unpaired) electrons. The highest BCUT2D eigenvalue weighted by Gasteiger charge is 2.22. The number of hydrogen-bond acceptors (Lipinski definition) is 1. The van der Waals surface area contributed by atoms with Gasteiger partial charge in [-0.3, -0.25) is 4.79 Å². The summed E-state index contributed by atoms with van der Waals surface area (Å²) in [5.74, 6) is 0.174. The number of benzene rings is 1. The Morgan fingerprint density at radius 3 is 1.79 bits per heavy atom. The van der Waals surface area contributed by atoms with Gasteiger partial charge < -0.3 is 9.38 Å². The third kappa shape index (κ3) is 10.3. The zero-order chi connectivity index (χ0) is 21.5. The first-order valence-corrected chi connectivity index (χ1v) is 12.1. The summed E-state index contributed by atoms with van der Waals surface area (Å²) >= 11 is 0. The van der Waals surface area contributed by atoms with E-state index in [1.807, 2.05) is 29.2 Å². The normalized spacial score (nSPS) is 11.6. The molecule has 0 heterocycles. The lowest BCUT2D eigenvalue weighted by molar-refractivity contribution is -0.910. The molecule has 0 spiro atoms. The summed E-state index contributed by atoms with van der Waals surface area (Å²) in [4.78, 5) is 14.9. The summed E-state index contributed by atoms with van der Waals surface area (Å²) in [5, 5.41) is 0. The predicted octanol–water partition coefficient (Wildman–Crippen LogP) is 6.45. The van der Waals surface area contributed by atoms with Gasteiger partial charge in [-0.25, -0.2) is 0 Å². The number of unbranched alkanes of at least 4 members (excludes halogenated alkanes) is 6. The van der Waals surface area contributed by atoms with Gasteiger partial charge in [-0.2, -0.15) is 0 Å². The van der Waals surface area contributed by atoms with Crippen molar-refractivity contribution in [1.82, 2.24) is 4.90 Å². The zero-order valence-corrected chi connectivity index (χ0v) is 20.0. The number of rotatable bonds is 16. The summed E-state index contributed by atoms with van der Waals surface area (Å²) in [6, 6.07) is 7.98. The molecule has 0 aliphatic carbocycles. The second kappa shape index (κ2) is 14.6. The zero-order valence-electron chi connectivity index (χ0n) is 20.0. The maximum Gasteiger partial charge on any atom is 0.253 e. The first kappa shape index (κ1) is 25.7. The van der Waals surface area contributed by atoms with E-state index < -0.39 is 0 Å². The van der Waals surface area contributed by atoms with Crippen LogP contribution in [-0.2, 0) is 0 Å². The number of nitrogens with zero attached hydrogens (tertiary/aromatic N) is 2. The maximum atomic E-state index is 12.9. The maximum absolute atomic E-state index is 12.9. The summed E-state index contributed by atoms with van der Waals surface area (Å²) < 4.78 is 1.17. The van der Waals surface area contributed by atoms with E-state index in [-0.39, 0.29) is 5.91 Å². The summed E-state index contributed by atoms with van der Waals surface area (Å²) in [6.45, 7) is 14.1. The van der Waals surface area contributed by atoms with E-state index >= 15 is 0 Å². The van der Waals surface area contributed by atoms with E-state index in [1.54, 1.807) is 0 Å². The van der Waals surface area contributed by atoms with Crippen molar-refractivity contribution in [2.75, 3.05) is 39.8 Å². The summed E-state index contributed by atoms with van der Waals surface area (Å²) in [5.41, 5.74) is 2.01. The van der Waals surface area contributed by atoms with Gasteiger partial charge >= 0.3 is 0 Å². The lowest BCUT2D eigenvalue weighted by atomic mass is 10.1. The molecule has 0 N–H and O–H groups in total. The Kier molecular flexibility index (Phi) is 12.9. The number of carbonyl (C=O) groups excluding carboxylic acids is 1. The Labute approximate surface area is 181 Å². The number of carbonyl (C=O) groups is 1. The third-order valence-corrected chi connectivity index (χ3v) is 6.20. The Hall–Kier alpha value is -1.35. The van der Waals surface area contributed by atoms with Crippen molar-refractivity contribution in [2.45, 2.75) is 85.5 Å². The van der Waals surface area contributed by atoms with Crippen LogP contribution in [0.2, 0.25) is 0 Å². The molecule has 0 aromatic heterocycles. The quantitative estimate of drug-likeness (QED) is 0.229. The molecule has 0 fully saturated rings. The predicted molar refractivity (Wildman–Crippen MR) is 126 cm³/mol. The van der Waals surface area contributed by atoms with Gasteiger partial charge in [-0.1, -0.05) is 57.2 Å². The van der Waals surface area contributed by atoms with Crippen molar-refractivity contribution < 1.29 is 9.28 Å². The topological polar surface area (TPSA) is 20.3 Å². The molecule has 166 valence electrons. The van der Waals surface area contributed by atoms with E-state index in [1.165, 1.54) is 81.0 Å². The largest absolute Gasteiger partial charge is 0.339 e. The molecule has 1 amide bonds. The van der Waals surface area contributed by atoms with Crippen LogP contribution < -0.4 is 0 Å². The Balaban J connectivity index is 2.57. The fourth-order valence-electron chi connectivity index (χ4n) is 4.10. The molecule has 0 aliphatic heterocycles. The Morgan fingerprint density at radius 1 is 0.793 bits per heavy atom. The highest BCUT2D eigenvalue weighted by Crippen LogP contribution is 2.14. The number of hydrogen-bond donors (Lipinski definition) is 0. The standard InChI is InChI=1S/C26H47N2O/c1-6-9-11-13-21-28(5,22-14-12-10-7-2)23-15-20-27(8-3)26(29)25-18-16-24(4)17-19-25/h16-19H,6-15,20-23H2,1-5H3/q+1. The highest BCUT2D eigenvalue weighted by atomic mass is 16.2. The molecule has 0 bridgehead atoms. The van der Waals surface area contributed by atoms with Crippen molar-refractivity contribution >= 4 is 5.91 Å². The van der Waals surface area contributed by atoms with Crippen LogP contribution in [0, 0.1) is 6.92 Å². The van der Waals surface area contributed by atoms with Crippen molar-refractivity contribution in [1.29, 1.82) is 0 Å². The van der Waals surface area contributed by atoms with Crippen LogP contribution in [0.15, 0.2) is 24.3 Å². The van der Waals surface area contributed by atoms with Gasteiger partial charge in [0.1, 0.15) is 0 Å². The van der Waals surface area contributed by atoms with E-state index in [0.29, 0.717) is 0 Å². The fraction of sp³-hybridized carbons (Fsp3) is 0.731. The lowest BCUT2D eigenvalue weighted by Crippen LogP contribution is -2.47.